The minimum absolute atomic E-state index is 0.313. The highest BCUT2D eigenvalue weighted by atomic mass is 35.5. The van der Waals surface area contributed by atoms with E-state index in [1.165, 1.54) is 34.6 Å². The molecule has 1 aliphatic rings. The molecule has 0 atom stereocenters. The SMILES string of the molecule is Cc1ccc(NC(=O)COC(=O)c2cc3c(s2)CCCC3)cc1Cl. The number of hydrogen-bond donors (Lipinski definition) is 1. The van der Waals surface area contributed by atoms with Gasteiger partial charge in [-0.3, -0.25) is 4.79 Å². The number of anilines is 1. The number of aryl methyl sites for hydroxylation is 3. The Morgan fingerprint density at radius 1 is 1.25 bits per heavy atom. The van der Waals surface area contributed by atoms with Crippen molar-refractivity contribution >= 4 is 40.5 Å². The van der Waals surface area contributed by atoms with E-state index < -0.39 is 5.97 Å². The highest BCUT2D eigenvalue weighted by Crippen LogP contribution is 2.30. The van der Waals surface area contributed by atoms with Gasteiger partial charge in [-0.25, -0.2) is 4.79 Å². The summed E-state index contributed by atoms with van der Waals surface area (Å²) >= 11 is 7.50. The molecule has 1 N–H and O–H groups in total. The molecule has 0 fully saturated rings. The van der Waals surface area contributed by atoms with Crippen LogP contribution in [0.2, 0.25) is 5.02 Å². The van der Waals surface area contributed by atoms with Crippen LogP contribution < -0.4 is 5.32 Å². The first kappa shape index (κ1) is 17.0. The van der Waals surface area contributed by atoms with Gasteiger partial charge in [0.2, 0.25) is 0 Å². The molecule has 0 bridgehead atoms. The van der Waals surface area contributed by atoms with E-state index in [9.17, 15) is 9.59 Å². The van der Waals surface area contributed by atoms with Gasteiger partial charge in [-0.1, -0.05) is 17.7 Å². The lowest BCUT2D eigenvalue weighted by Gasteiger charge is -2.08. The molecule has 0 radical (unpaired) electrons. The van der Waals surface area contributed by atoms with E-state index in [-0.39, 0.29) is 12.5 Å². The maximum absolute atomic E-state index is 12.1. The van der Waals surface area contributed by atoms with Gasteiger partial charge in [0.1, 0.15) is 4.88 Å². The van der Waals surface area contributed by atoms with Gasteiger partial charge in [-0.05, 0) is 61.9 Å². The number of thiophene rings is 1. The molecule has 0 saturated carbocycles. The Balaban J connectivity index is 1.54. The molecule has 3 rings (SSSR count). The maximum atomic E-state index is 12.1. The van der Waals surface area contributed by atoms with Crippen LogP contribution in [0.25, 0.3) is 0 Å². The highest BCUT2D eigenvalue weighted by molar-refractivity contribution is 7.14. The number of carbonyl (C=O) groups is 2. The van der Waals surface area contributed by atoms with Crippen molar-refractivity contribution in [3.05, 3.63) is 50.2 Å². The summed E-state index contributed by atoms with van der Waals surface area (Å²) in [4.78, 5) is 25.9. The zero-order valence-corrected chi connectivity index (χ0v) is 14.9. The third-order valence-corrected chi connectivity index (χ3v) is 5.61. The summed E-state index contributed by atoms with van der Waals surface area (Å²) in [5, 5.41) is 3.25. The number of carbonyl (C=O) groups excluding carboxylic acids is 2. The number of esters is 1. The summed E-state index contributed by atoms with van der Waals surface area (Å²) in [5.41, 5.74) is 2.76. The third kappa shape index (κ3) is 3.97. The average molecular weight is 364 g/mol. The van der Waals surface area contributed by atoms with E-state index in [0.717, 1.165) is 18.4 Å². The first-order valence-corrected chi connectivity index (χ1v) is 9.07. The number of fused-ring (bicyclic) bond motifs is 1. The van der Waals surface area contributed by atoms with E-state index >= 15 is 0 Å². The summed E-state index contributed by atoms with van der Waals surface area (Å²) in [6.45, 7) is 1.57. The lowest BCUT2D eigenvalue weighted by Crippen LogP contribution is -2.20. The van der Waals surface area contributed by atoms with E-state index in [2.05, 4.69) is 5.32 Å². The normalized spacial score (nSPS) is 13.2. The Morgan fingerprint density at radius 3 is 2.79 bits per heavy atom. The molecule has 2 aromatic rings. The van der Waals surface area contributed by atoms with Crippen LogP contribution in [0.3, 0.4) is 0 Å². The van der Waals surface area contributed by atoms with Crippen molar-refractivity contribution in [1.82, 2.24) is 0 Å². The molecule has 1 aromatic carbocycles. The van der Waals surface area contributed by atoms with Gasteiger partial charge in [-0.2, -0.15) is 0 Å². The van der Waals surface area contributed by atoms with Crippen LogP contribution in [0.4, 0.5) is 5.69 Å². The zero-order chi connectivity index (χ0) is 17.1. The van der Waals surface area contributed by atoms with E-state index in [0.29, 0.717) is 15.6 Å². The molecule has 0 spiro atoms. The van der Waals surface area contributed by atoms with Crippen LogP contribution in [-0.2, 0) is 22.4 Å². The molecular weight excluding hydrogens is 346 g/mol. The van der Waals surface area contributed by atoms with Crippen molar-refractivity contribution in [3.8, 4) is 0 Å². The standard InChI is InChI=1S/C18H18ClNO3S/c1-11-6-7-13(9-14(11)19)20-17(21)10-23-18(22)16-8-12-4-2-3-5-15(12)24-16/h6-9H,2-5,10H2,1H3,(H,20,21). The van der Waals surface area contributed by atoms with E-state index in [1.54, 1.807) is 12.1 Å². The van der Waals surface area contributed by atoms with Gasteiger partial charge in [0.25, 0.3) is 5.91 Å². The fraction of sp³-hybridized carbons (Fsp3) is 0.333. The van der Waals surface area contributed by atoms with Crippen molar-refractivity contribution in [2.24, 2.45) is 0 Å². The molecular formula is C18H18ClNO3S. The second-order valence-corrected chi connectivity index (χ2v) is 7.40. The van der Waals surface area contributed by atoms with Crippen LogP contribution in [0.5, 0.6) is 0 Å². The second kappa shape index (κ2) is 7.36. The quantitative estimate of drug-likeness (QED) is 0.820. The number of benzene rings is 1. The molecule has 1 aliphatic carbocycles. The Kier molecular flexibility index (Phi) is 5.21. The van der Waals surface area contributed by atoms with Crippen LogP contribution in [-0.4, -0.2) is 18.5 Å². The third-order valence-electron chi connectivity index (χ3n) is 3.99. The van der Waals surface area contributed by atoms with Gasteiger partial charge in [0, 0.05) is 15.6 Å². The molecule has 1 aromatic heterocycles. The Morgan fingerprint density at radius 2 is 2.04 bits per heavy atom. The molecule has 1 amide bonds. The topological polar surface area (TPSA) is 55.4 Å². The fourth-order valence-corrected chi connectivity index (χ4v) is 3.99. The summed E-state index contributed by atoms with van der Waals surface area (Å²) in [7, 11) is 0. The molecule has 1 heterocycles. The van der Waals surface area contributed by atoms with Crippen LogP contribution in [0.1, 0.15) is 38.5 Å². The van der Waals surface area contributed by atoms with E-state index in [1.807, 2.05) is 19.1 Å². The molecule has 4 nitrogen and oxygen atoms in total. The smallest absolute Gasteiger partial charge is 0.348 e. The lowest BCUT2D eigenvalue weighted by molar-refractivity contribution is -0.119. The summed E-state index contributed by atoms with van der Waals surface area (Å²) < 4.78 is 5.12. The second-order valence-electron chi connectivity index (χ2n) is 5.85. The summed E-state index contributed by atoms with van der Waals surface area (Å²) in [6, 6.07) is 7.15. The summed E-state index contributed by atoms with van der Waals surface area (Å²) in [5.74, 6) is -0.823. The summed E-state index contributed by atoms with van der Waals surface area (Å²) in [6.07, 6.45) is 4.39. The maximum Gasteiger partial charge on any atom is 0.348 e. The number of hydrogen-bond acceptors (Lipinski definition) is 4. The van der Waals surface area contributed by atoms with Crippen molar-refractivity contribution in [1.29, 1.82) is 0 Å². The van der Waals surface area contributed by atoms with Crippen molar-refractivity contribution in [2.75, 3.05) is 11.9 Å². The number of nitrogens with one attached hydrogen (secondary N) is 1. The van der Waals surface area contributed by atoms with Gasteiger partial charge in [0.15, 0.2) is 6.61 Å². The van der Waals surface area contributed by atoms with Crippen molar-refractivity contribution in [2.45, 2.75) is 32.6 Å². The molecule has 0 aliphatic heterocycles. The van der Waals surface area contributed by atoms with Crippen LogP contribution >= 0.6 is 22.9 Å². The predicted octanol–water partition coefficient (Wildman–Crippen LogP) is 4.38. The Hall–Kier alpha value is -1.85. The van der Waals surface area contributed by atoms with E-state index in [4.69, 9.17) is 16.3 Å². The molecule has 126 valence electrons. The molecule has 0 unspecified atom stereocenters. The molecule has 0 saturated heterocycles. The van der Waals surface area contributed by atoms with Crippen LogP contribution in [0.15, 0.2) is 24.3 Å². The lowest BCUT2D eigenvalue weighted by atomic mass is 9.99. The Bertz CT molecular complexity index is 761. The van der Waals surface area contributed by atoms with Gasteiger partial charge < -0.3 is 10.1 Å². The van der Waals surface area contributed by atoms with Gasteiger partial charge in [-0.15, -0.1) is 11.3 Å². The molecule has 6 heteroatoms. The number of amides is 1. The number of halogens is 1. The van der Waals surface area contributed by atoms with Gasteiger partial charge >= 0.3 is 5.97 Å². The van der Waals surface area contributed by atoms with Gasteiger partial charge in [0.05, 0.1) is 0 Å². The monoisotopic (exact) mass is 363 g/mol. The highest BCUT2D eigenvalue weighted by Gasteiger charge is 2.19. The number of ether oxygens (including phenoxy) is 1. The minimum atomic E-state index is -0.438. The Labute approximate surface area is 149 Å². The number of rotatable bonds is 4. The zero-order valence-electron chi connectivity index (χ0n) is 13.4. The first-order valence-electron chi connectivity index (χ1n) is 7.87. The van der Waals surface area contributed by atoms with Crippen molar-refractivity contribution < 1.29 is 14.3 Å². The van der Waals surface area contributed by atoms with Crippen molar-refractivity contribution in [3.63, 3.8) is 0 Å². The first-order chi connectivity index (χ1) is 11.5. The largest absolute Gasteiger partial charge is 0.451 e. The fourth-order valence-electron chi connectivity index (χ4n) is 2.66. The minimum Gasteiger partial charge on any atom is -0.451 e. The predicted molar refractivity (Wildman–Crippen MR) is 96.1 cm³/mol. The molecule has 24 heavy (non-hydrogen) atoms. The van der Waals surface area contributed by atoms with Crippen LogP contribution in [0, 0.1) is 6.92 Å². The average Bonchev–Trinajstić information content (AvgIpc) is 3.00.